The zero-order valence-electron chi connectivity index (χ0n) is 11.6. The molecule has 110 valence electrons. The summed E-state index contributed by atoms with van der Waals surface area (Å²) in [6, 6.07) is 9.60. The van der Waals surface area contributed by atoms with Gasteiger partial charge in [-0.1, -0.05) is 30.3 Å². The average molecular weight is 286 g/mol. The van der Waals surface area contributed by atoms with Gasteiger partial charge in [-0.25, -0.2) is 0 Å². The van der Waals surface area contributed by atoms with Crippen LogP contribution in [0.4, 0.5) is 0 Å². The van der Waals surface area contributed by atoms with Gasteiger partial charge in [-0.15, -0.1) is 10.2 Å². The third-order valence-corrected chi connectivity index (χ3v) is 3.56. The van der Waals surface area contributed by atoms with Gasteiger partial charge in [0, 0.05) is 18.2 Å². The Balaban J connectivity index is 1.60. The molecule has 1 aliphatic carbocycles. The predicted molar refractivity (Wildman–Crippen MR) is 77.0 cm³/mol. The molecule has 7 heteroatoms. The molecular formula is C14H18N6O. The SMILES string of the molecule is NCC(NC(=O)Cn1nnc(-c2ccccc2)n1)C1CC1. The third kappa shape index (κ3) is 3.43. The van der Waals surface area contributed by atoms with E-state index in [0.29, 0.717) is 18.3 Å². The number of carbonyl (C=O) groups excluding carboxylic acids is 1. The Morgan fingerprint density at radius 2 is 2.14 bits per heavy atom. The molecule has 0 spiro atoms. The smallest absolute Gasteiger partial charge is 0.243 e. The molecule has 3 rings (SSSR count). The van der Waals surface area contributed by atoms with Crippen LogP contribution in [0.15, 0.2) is 30.3 Å². The number of nitrogens with zero attached hydrogens (tertiary/aromatic N) is 4. The molecule has 0 saturated heterocycles. The van der Waals surface area contributed by atoms with Crippen LogP contribution < -0.4 is 11.1 Å². The van der Waals surface area contributed by atoms with Gasteiger partial charge >= 0.3 is 0 Å². The molecule has 1 unspecified atom stereocenters. The van der Waals surface area contributed by atoms with Crippen molar-refractivity contribution in [3.8, 4) is 11.4 Å². The summed E-state index contributed by atoms with van der Waals surface area (Å²) in [5.41, 5.74) is 6.55. The summed E-state index contributed by atoms with van der Waals surface area (Å²) in [4.78, 5) is 13.3. The minimum Gasteiger partial charge on any atom is -0.350 e. The van der Waals surface area contributed by atoms with Crippen LogP contribution in [-0.4, -0.2) is 38.7 Å². The zero-order chi connectivity index (χ0) is 14.7. The highest BCUT2D eigenvalue weighted by Gasteiger charge is 2.31. The van der Waals surface area contributed by atoms with Crippen LogP contribution in [0.25, 0.3) is 11.4 Å². The molecule has 1 saturated carbocycles. The molecule has 1 aromatic carbocycles. The monoisotopic (exact) mass is 286 g/mol. The first-order valence-corrected chi connectivity index (χ1v) is 7.09. The summed E-state index contributed by atoms with van der Waals surface area (Å²) >= 11 is 0. The number of benzene rings is 1. The highest BCUT2D eigenvalue weighted by molar-refractivity contribution is 5.76. The molecule has 1 fully saturated rings. The number of tetrazole rings is 1. The lowest BCUT2D eigenvalue weighted by molar-refractivity contribution is -0.122. The number of hydrogen-bond acceptors (Lipinski definition) is 5. The van der Waals surface area contributed by atoms with Gasteiger partial charge in [0.15, 0.2) is 0 Å². The lowest BCUT2D eigenvalue weighted by Gasteiger charge is -2.15. The summed E-state index contributed by atoms with van der Waals surface area (Å²) in [7, 11) is 0. The Morgan fingerprint density at radius 3 is 2.81 bits per heavy atom. The van der Waals surface area contributed by atoms with E-state index in [9.17, 15) is 4.79 Å². The van der Waals surface area contributed by atoms with Crippen molar-refractivity contribution in [2.24, 2.45) is 11.7 Å². The fourth-order valence-corrected chi connectivity index (χ4v) is 2.26. The molecule has 1 aliphatic rings. The number of hydrogen-bond donors (Lipinski definition) is 2. The van der Waals surface area contributed by atoms with Gasteiger partial charge in [-0.3, -0.25) is 4.79 Å². The lowest BCUT2D eigenvalue weighted by Crippen LogP contribution is -2.43. The van der Waals surface area contributed by atoms with Gasteiger partial charge in [-0.2, -0.15) is 4.80 Å². The number of aromatic nitrogens is 4. The predicted octanol–water partition coefficient (Wildman–Crippen LogP) is 0.194. The lowest BCUT2D eigenvalue weighted by atomic mass is 10.2. The number of nitrogens with one attached hydrogen (secondary N) is 1. The molecule has 21 heavy (non-hydrogen) atoms. The normalized spacial score (nSPS) is 15.7. The van der Waals surface area contributed by atoms with Crippen molar-refractivity contribution in [2.45, 2.75) is 25.4 Å². The third-order valence-electron chi connectivity index (χ3n) is 3.56. The van der Waals surface area contributed by atoms with Crippen LogP contribution in [0.3, 0.4) is 0 Å². The van der Waals surface area contributed by atoms with Crippen molar-refractivity contribution in [1.29, 1.82) is 0 Å². The van der Waals surface area contributed by atoms with E-state index in [-0.39, 0.29) is 18.5 Å². The maximum absolute atomic E-state index is 12.0. The minimum absolute atomic E-state index is 0.0586. The Labute approximate surface area is 122 Å². The topological polar surface area (TPSA) is 98.7 Å². The van der Waals surface area contributed by atoms with E-state index in [1.807, 2.05) is 30.3 Å². The van der Waals surface area contributed by atoms with Crippen LogP contribution in [0.5, 0.6) is 0 Å². The largest absolute Gasteiger partial charge is 0.350 e. The standard InChI is InChI=1S/C14H18N6O/c15-8-12(10-6-7-10)16-13(21)9-20-18-14(17-19-20)11-4-2-1-3-5-11/h1-5,10,12H,6-9,15H2,(H,16,21). The summed E-state index contributed by atoms with van der Waals surface area (Å²) in [5, 5.41) is 15.0. The number of rotatable bonds is 6. The summed E-state index contributed by atoms with van der Waals surface area (Å²) in [6.45, 7) is 0.527. The molecule has 1 heterocycles. The number of carbonyl (C=O) groups is 1. The quantitative estimate of drug-likeness (QED) is 0.790. The molecular weight excluding hydrogens is 268 g/mol. The highest BCUT2D eigenvalue weighted by Crippen LogP contribution is 2.32. The van der Waals surface area contributed by atoms with Gasteiger partial charge < -0.3 is 11.1 Å². The first-order valence-electron chi connectivity index (χ1n) is 7.09. The second-order valence-corrected chi connectivity index (χ2v) is 5.26. The van der Waals surface area contributed by atoms with Crippen LogP contribution in [0, 0.1) is 5.92 Å². The number of amides is 1. The molecule has 1 amide bonds. The van der Waals surface area contributed by atoms with E-state index in [1.165, 1.54) is 4.80 Å². The maximum Gasteiger partial charge on any atom is 0.243 e. The molecule has 3 N–H and O–H groups in total. The van der Waals surface area contributed by atoms with Gasteiger partial charge in [0.2, 0.25) is 11.7 Å². The zero-order valence-corrected chi connectivity index (χ0v) is 11.6. The van der Waals surface area contributed by atoms with E-state index in [4.69, 9.17) is 5.73 Å². The Hall–Kier alpha value is -2.28. The van der Waals surface area contributed by atoms with E-state index in [0.717, 1.165) is 18.4 Å². The van der Waals surface area contributed by atoms with Crippen LogP contribution in [-0.2, 0) is 11.3 Å². The minimum atomic E-state index is -0.130. The molecule has 0 radical (unpaired) electrons. The Morgan fingerprint density at radius 1 is 1.38 bits per heavy atom. The maximum atomic E-state index is 12.0. The molecule has 7 nitrogen and oxygen atoms in total. The van der Waals surface area contributed by atoms with Gasteiger partial charge in [0.05, 0.1) is 0 Å². The molecule has 1 atom stereocenters. The van der Waals surface area contributed by atoms with Gasteiger partial charge in [0.1, 0.15) is 6.54 Å². The van der Waals surface area contributed by atoms with E-state index in [2.05, 4.69) is 20.7 Å². The van der Waals surface area contributed by atoms with Crippen molar-refractivity contribution in [3.63, 3.8) is 0 Å². The Bertz CT molecular complexity index is 607. The first kappa shape index (κ1) is 13.7. The van der Waals surface area contributed by atoms with Gasteiger partial charge in [0.25, 0.3) is 0 Å². The fraction of sp³-hybridized carbons (Fsp3) is 0.429. The van der Waals surface area contributed by atoms with E-state index >= 15 is 0 Å². The molecule has 0 bridgehead atoms. The fourth-order valence-electron chi connectivity index (χ4n) is 2.26. The van der Waals surface area contributed by atoms with Crippen molar-refractivity contribution in [2.75, 3.05) is 6.54 Å². The molecule has 0 aliphatic heterocycles. The first-order chi connectivity index (χ1) is 10.3. The number of nitrogens with two attached hydrogens (primary N) is 1. The van der Waals surface area contributed by atoms with Crippen molar-refractivity contribution in [1.82, 2.24) is 25.5 Å². The van der Waals surface area contributed by atoms with Gasteiger partial charge in [-0.05, 0) is 24.0 Å². The second kappa shape index (κ2) is 6.01. The highest BCUT2D eigenvalue weighted by atomic mass is 16.2. The molecule has 2 aromatic rings. The van der Waals surface area contributed by atoms with Crippen LogP contribution >= 0.6 is 0 Å². The van der Waals surface area contributed by atoms with Crippen LogP contribution in [0.2, 0.25) is 0 Å². The van der Waals surface area contributed by atoms with E-state index < -0.39 is 0 Å². The molecule has 1 aromatic heterocycles. The Kier molecular flexibility index (Phi) is 3.92. The van der Waals surface area contributed by atoms with Crippen molar-refractivity contribution >= 4 is 5.91 Å². The summed E-state index contributed by atoms with van der Waals surface area (Å²) < 4.78 is 0. The van der Waals surface area contributed by atoms with Crippen molar-refractivity contribution < 1.29 is 4.79 Å². The van der Waals surface area contributed by atoms with Crippen molar-refractivity contribution in [3.05, 3.63) is 30.3 Å². The van der Waals surface area contributed by atoms with E-state index in [1.54, 1.807) is 0 Å². The van der Waals surface area contributed by atoms with Crippen LogP contribution in [0.1, 0.15) is 12.8 Å². The second-order valence-electron chi connectivity index (χ2n) is 5.26. The average Bonchev–Trinajstić information content (AvgIpc) is 3.25. The summed E-state index contributed by atoms with van der Waals surface area (Å²) in [6.07, 6.45) is 2.28. The summed E-state index contributed by atoms with van der Waals surface area (Å²) in [5.74, 6) is 0.915.